The van der Waals surface area contributed by atoms with Gasteiger partial charge in [0.2, 0.25) is 0 Å². The van der Waals surface area contributed by atoms with Crippen molar-refractivity contribution in [3.8, 4) is 11.1 Å². The quantitative estimate of drug-likeness (QED) is 0.437. The molecule has 2 aromatic carbocycles. The van der Waals surface area contributed by atoms with Crippen LogP contribution in [-0.2, 0) is 23.1 Å². The van der Waals surface area contributed by atoms with Gasteiger partial charge in [0, 0.05) is 26.1 Å². The van der Waals surface area contributed by atoms with Crippen molar-refractivity contribution >= 4 is 18.2 Å². The molecule has 1 saturated heterocycles. The molecular formula is C31H36N4O6. The number of piperidine rings is 1. The SMILES string of the molecule is Cn1nc(C(=O)O)cc1CN(C(=O)OCC1c2ccccc2-c2ccccc21)C1CCCN(C(=O)OC(C)(C)C)C1. The molecule has 41 heavy (non-hydrogen) atoms. The zero-order valence-electron chi connectivity index (χ0n) is 23.9. The lowest BCUT2D eigenvalue weighted by Crippen LogP contribution is -2.52. The normalized spacial score (nSPS) is 16.6. The van der Waals surface area contributed by atoms with Crippen LogP contribution in [0.25, 0.3) is 11.1 Å². The molecule has 10 nitrogen and oxygen atoms in total. The van der Waals surface area contributed by atoms with Crippen LogP contribution in [0.5, 0.6) is 0 Å². The van der Waals surface area contributed by atoms with Crippen molar-refractivity contribution in [3.63, 3.8) is 0 Å². The second-order valence-electron chi connectivity index (χ2n) is 11.6. The predicted octanol–water partition coefficient (Wildman–Crippen LogP) is 5.27. The Bertz CT molecular complexity index is 1410. The number of aromatic carboxylic acids is 1. The smallest absolute Gasteiger partial charge is 0.410 e. The first kappa shape index (κ1) is 28.2. The molecule has 1 aliphatic heterocycles. The number of likely N-dealkylation sites (tertiary alicyclic amines) is 1. The van der Waals surface area contributed by atoms with Crippen LogP contribution in [0.4, 0.5) is 9.59 Å². The first-order chi connectivity index (χ1) is 19.5. The van der Waals surface area contributed by atoms with Gasteiger partial charge in [0.25, 0.3) is 0 Å². The van der Waals surface area contributed by atoms with Crippen LogP contribution in [0.3, 0.4) is 0 Å². The molecule has 3 aromatic rings. The monoisotopic (exact) mass is 560 g/mol. The van der Waals surface area contributed by atoms with Crippen LogP contribution < -0.4 is 0 Å². The Morgan fingerprint density at radius 3 is 2.27 bits per heavy atom. The molecule has 1 unspecified atom stereocenters. The number of benzene rings is 2. The summed E-state index contributed by atoms with van der Waals surface area (Å²) in [6.07, 6.45) is 0.389. The van der Waals surface area contributed by atoms with E-state index in [-0.39, 0.29) is 37.4 Å². The standard InChI is InChI=1S/C31H36N4O6/c1-31(2,3)41-29(38)34-15-9-10-20(17-34)35(18-21-16-27(28(36)37)32-33(21)4)30(39)40-19-26-24-13-7-5-11-22(24)23-12-6-8-14-25(23)26/h5-8,11-14,16,20,26H,9-10,15,17-19H2,1-4H3,(H,36,37). The zero-order valence-corrected chi connectivity index (χ0v) is 23.9. The van der Waals surface area contributed by atoms with Gasteiger partial charge in [-0.15, -0.1) is 0 Å². The number of ether oxygens (including phenoxy) is 2. The maximum Gasteiger partial charge on any atom is 0.410 e. The number of carbonyl (C=O) groups is 3. The summed E-state index contributed by atoms with van der Waals surface area (Å²) in [7, 11) is 1.64. The van der Waals surface area contributed by atoms with E-state index in [9.17, 15) is 19.5 Å². The van der Waals surface area contributed by atoms with Crippen LogP contribution >= 0.6 is 0 Å². The van der Waals surface area contributed by atoms with Crippen molar-refractivity contribution in [2.24, 2.45) is 7.05 Å². The molecule has 5 rings (SSSR count). The molecule has 1 fully saturated rings. The average molecular weight is 561 g/mol. The number of rotatable bonds is 6. The van der Waals surface area contributed by atoms with Gasteiger partial charge in [-0.1, -0.05) is 48.5 Å². The Hall–Kier alpha value is -4.34. The molecule has 10 heteroatoms. The van der Waals surface area contributed by atoms with Gasteiger partial charge in [0.1, 0.15) is 12.2 Å². The largest absolute Gasteiger partial charge is 0.476 e. The van der Waals surface area contributed by atoms with Gasteiger partial charge >= 0.3 is 18.2 Å². The molecule has 1 aromatic heterocycles. The summed E-state index contributed by atoms with van der Waals surface area (Å²) in [5.41, 5.74) is 4.30. The molecular weight excluding hydrogens is 524 g/mol. The van der Waals surface area contributed by atoms with Crippen molar-refractivity contribution in [1.29, 1.82) is 0 Å². The van der Waals surface area contributed by atoms with Crippen molar-refractivity contribution < 1.29 is 29.0 Å². The third kappa shape index (κ3) is 6.06. The molecule has 0 spiro atoms. The molecule has 2 aliphatic rings. The fourth-order valence-electron chi connectivity index (χ4n) is 5.65. The van der Waals surface area contributed by atoms with Crippen LogP contribution in [0.1, 0.15) is 66.8 Å². The number of hydrogen-bond donors (Lipinski definition) is 1. The fourth-order valence-corrected chi connectivity index (χ4v) is 5.65. The highest BCUT2D eigenvalue weighted by molar-refractivity contribution is 5.85. The number of carbonyl (C=O) groups excluding carboxylic acids is 2. The maximum absolute atomic E-state index is 13.8. The van der Waals surface area contributed by atoms with Crippen LogP contribution in [-0.4, -0.2) is 74.2 Å². The molecule has 1 atom stereocenters. The third-order valence-electron chi connectivity index (χ3n) is 7.59. The highest BCUT2D eigenvalue weighted by atomic mass is 16.6. The van der Waals surface area contributed by atoms with Gasteiger partial charge < -0.3 is 19.5 Å². The zero-order chi connectivity index (χ0) is 29.3. The lowest BCUT2D eigenvalue weighted by Gasteiger charge is -2.39. The summed E-state index contributed by atoms with van der Waals surface area (Å²) in [6.45, 7) is 6.49. The van der Waals surface area contributed by atoms with E-state index in [1.165, 1.54) is 10.7 Å². The molecule has 1 N–H and O–H groups in total. The minimum absolute atomic E-state index is 0.0836. The van der Waals surface area contributed by atoms with Crippen molar-refractivity contribution in [3.05, 3.63) is 77.1 Å². The number of carboxylic acids is 1. The maximum atomic E-state index is 13.8. The molecule has 1 aliphatic carbocycles. The first-order valence-electron chi connectivity index (χ1n) is 13.9. The second kappa shape index (κ2) is 11.3. The van der Waals surface area contributed by atoms with Crippen molar-refractivity contribution in [2.45, 2.75) is 57.7 Å². The number of nitrogens with zero attached hydrogens (tertiary/aromatic N) is 4. The van der Waals surface area contributed by atoms with Gasteiger partial charge in [0.15, 0.2) is 5.69 Å². The molecule has 0 bridgehead atoms. The molecule has 0 radical (unpaired) electrons. The minimum Gasteiger partial charge on any atom is -0.476 e. The Morgan fingerprint density at radius 1 is 1.05 bits per heavy atom. The topological polar surface area (TPSA) is 114 Å². The van der Waals surface area contributed by atoms with E-state index in [4.69, 9.17) is 9.47 Å². The second-order valence-corrected chi connectivity index (χ2v) is 11.6. The summed E-state index contributed by atoms with van der Waals surface area (Å²) in [5.74, 6) is -1.25. The summed E-state index contributed by atoms with van der Waals surface area (Å²) < 4.78 is 13.1. The summed E-state index contributed by atoms with van der Waals surface area (Å²) >= 11 is 0. The average Bonchev–Trinajstić information content (AvgIpc) is 3.47. The Kier molecular flexibility index (Phi) is 7.75. The van der Waals surface area contributed by atoms with E-state index < -0.39 is 23.8 Å². The van der Waals surface area contributed by atoms with E-state index in [1.807, 2.05) is 45.0 Å². The number of hydrogen-bond acceptors (Lipinski definition) is 6. The number of aryl methyl sites for hydroxylation is 1. The fraction of sp³-hybridized carbons (Fsp3) is 0.419. The lowest BCUT2D eigenvalue weighted by atomic mass is 9.98. The van der Waals surface area contributed by atoms with Crippen molar-refractivity contribution in [1.82, 2.24) is 19.6 Å². The Labute approximate surface area is 239 Å². The Balaban J connectivity index is 1.38. The number of carboxylic acid groups (broad SMARTS) is 1. The summed E-state index contributed by atoms with van der Waals surface area (Å²) in [6, 6.07) is 17.4. The predicted molar refractivity (Wildman–Crippen MR) is 152 cm³/mol. The van der Waals surface area contributed by atoms with Crippen LogP contribution in [0.15, 0.2) is 54.6 Å². The van der Waals surface area contributed by atoms with E-state index in [1.54, 1.807) is 16.8 Å². The van der Waals surface area contributed by atoms with Gasteiger partial charge in [0.05, 0.1) is 18.3 Å². The highest BCUT2D eigenvalue weighted by Crippen LogP contribution is 2.44. The van der Waals surface area contributed by atoms with E-state index in [0.29, 0.717) is 25.1 Å². The van der Waals surface area contributed by atoms with E-state index >= 15 is 0 Å². The lowest BCUT2D eigenvalue weighted by molar-refractivity contribution is 0.00775. The third-order valence-corrected chi connectivity index (χ3v) is 7.59. The molecule has 2 heterocycles. The van der Waals surface area contributed by atoms with Crippen LogP contribution in [0, 0.1) is 0 Å². The van der Waals surface area contributed by atoms with Gasteiger partial charge in [-0.3, -0.25) is 9.58 Å². The van der Waals surface area contributed by atoms with E-state index in [0.717, 1.165) is 22.3 Å². The molecule has 216 valence electrons. The number of fused-ring (bicyclic) bond motifs is 3. The highest BCUT2D eigenvalue weighted by Gasteiger charge is 2.35. The van der Waals surface area contributed by atoms with Gasteiger partial charge in [-0.05, 0) is 61.9 Å². The minimum atomic E-state index is -1.15. The molecule has 2 amide bonds. The van der Waals surface area contributed by atoms with Gasteiger partial charge in [-0.2, -0.15) is 5.10 Å². The molecule has 0 saturated carbocycles. The van der Waals surface area contributed by atoms with Crippen molar-refractivity contribution in [2.75, 3.05) is 19.7 Å². The number of aromatic nitrogens is 2. The number of amides is 2. The summed E-state index contributed by atoms with van der Waals surface area (Å²) in [4.78, 5) is 41.4. The first-order valence-corrected chi connectivity index (χ1v) is 13.9. The summed E-state index contributed by atoms with van der Waals surface area (Å²) in [5, 5.41) is 13.5. The van der Waals surface area contributed by atoms with Crippen LogP contribution in [0.2, 0.25) is 0 Å². The Morgan fingerprint density at radius 2 is 1.68 bits per heavy atom. The van der Waals surface area contributed by atoms with E-state index in [2.05, 4.69) is 29.4 Å². The van der Waals surface area contributed by atoms with Gasteiger partial charge in [-0.25, -0.2) is 14.4 Å².